The first-order valence-corrected chi connectivity index (χ1v) is 11.1. The number of para-hydroxylation sites is 1. The first-order valence-electron chi connectivity index (χ1n) is 10.1. The molecule has 0 bridgehead atoms. The van der Waals surface area contributed by atoms with E-state index in [0.29, 0.717) is 6.61 Å². The second-order valence-electron chi connectivity index (χ2n) is 6.81. The van der Waals surface area contributed by atoms with Crippen LogP contribution in [0.2, 0.25) is 0 Å². The van der Waals surface area contributed by atoms with E-state index in [4.69, 9.17) is 9.47 Å². The number of hydrogen-bond donors (Lipinski definition) is 0. The first-order chi connectivity index (χ1) is 14.2. The van der Waals surface area contributed by atoms with Crippen LogP contribution >= 0.6 is 11.8 Å². The Morgan fingerprint density at radius 3 is 2.59 bits per heavy atom. The molecule has 0 saturated heterocycles. The van der Waals surface area contributed by atoms with Crippen LogP contribution in [0.5, 0.6) is 11.5 Å². The van der Waals surface area contributed by atoms with Crippen molar-refractivity contribution in [3.63, 3.8) is 0 Å². The number of ether oxygens (including phenoxy) is 2. The molecule has 3 rings (SSSR count). The normalized spacial score (nSPS) is 10.9. The SMILES string of the molecule is CCn1c(CCCc2ccc(OC)c(C)c2)nnc1SCCOc1ccccc1. The van der Waals surface area contributed by atoms with Crippen molar-refractivity contribution in [3.05, 3.63) is 65.5 Å². The van der Waals surface area contributed by atoms with Crippen molar-refractivity contribution in [3.8, 4) is 11.5 Å². The fourth-order valence-electron chi connectivity index (χ4n) is 3.28. The van der Waals surface area contributed by atoms with Crippen molar-refractivity contribution in [2.24, 2.45) is 0 Å². The van der Waals surface area contributed by atoms with Gasteiger partial charge in [0, 0.05) is 18.7 Å². The molecule has 0 amide bonds. The summed E-state index contributed by atoms with van der Waals surface area (Å²) in [5, 5.41) is 9.80. The fraction of sp³-hybridized carbons (Fsp3) is 0.391. The molecule has 154 valence electrons. The van der Waals surface area contributed by atoms with E-state index in [0.717, 1.165) is 54.0 Å². The molecule has 5 nitrogen and oxygen atoms in total. The van der Waals surface area contributed by atoms with Crippen molar-refractivity contribution in [1.29, 1.82) is 0 Å². The van der Waals surface area contributed by atoms with E-state index in [9.17, 15) is 0 Å². The summed E-state index contributed by atoms with van der Waals surface area (Å²) in [5.41, 5.74) is 2.51. The Hall–Kier alpha value is -2.47. The highest BCUT2D eigenvalue weighted by molar-refractivity contribution is 7.99. The molecular weight excluding hydrogens is 382 g/mol. The lowest BCUT2D eigenvalue weighted by molar-refractivity contribution is 0.344. The molecule has 29 heavy (non-hydrogen) atoms. The van der Waals surface area contributed by atoms with Crippen LogP contribution < -0.4 is 9.47 Å². The van der Waals surface area contributed by atoms with Crippen molar-refractivity contribution >= 4 is 11.8 Å². The van der Waals surface area contributed by atoms with Gasteiger partial charge in [-0.05, 0) is 56.0 Å². The topological polar surface area (TPSA) is 49.2 Å². The maximum absolute atomic E-state index is 5.76. The molecule has 0 fully saturated rings. The predicted octanol–water partition coefficient (Wildman–Crippen LogP) is 4.96. The van der Waals surface area contributed by atoms with E-state index in [1.807, 2.05) is 36.4 Å². The van der Waals surface area contributed by atoms with Gasteiger partial charge in [0.15, 0.2) is 5.16 Å². The lowest BCUT2D eigenvalue weighted by Crippen LogP contribution is -2.06. The standard InChI is InChI=1S/C23H29N3O2S/c1-4-26-22(12-8-9-19-13-14-21(27-3)18(2)17-19)24-25-23(26)29-16-15-28-20-10-6-5-7-11-20/h5-7,10-11,13-14,17H,4,8-9,12,15-16H2,1-3H3. The summed E-state index contributed by atoms with van der Waals surface area (Å²) in [4.78, 5) is 0. The van der Waals surface area contributed by atoms with Crippen LogP contribution in [0, 0.1) is 6.92 Å². The highest BCUT2D eigenvalue weighted by Gasteiger charge is 2.11. The van der Waals surface area contributed by atoms with Crippen LogP contribution in [0.3, 0.4) is 0 Å². The molecule has 0 N–H and O–H groups in total. The van der Waals surface area contributed by atoms with E-state index in [2.05, 4.69) is 40.7 Å². The van der Waals surface area contributed by atoms with Gasteiger partial charge in [-0.1, -0.05) is 42.1 Å². The third-order valence-corrected chi connectivity index (χ3v) is 5.69. The molecule has 0 aliphatic heterocycles. The molecule has 0 atom stereocenters. The summed E-state index contributed by atoms with van der Waals surface area (Å²) in [5.74, 6) is 3.75. The number of rotatable bonds is 11. The lowest BCUT2D eigenvalue weighted by atomic mass is 10.0. The molecule has 0 radical (unpaired) electrons. The van der Waals surface area contributed by atoms with Gasteiger partial charge in [0.1, 0.15) is 17.3 Å². The summed E-state index contributed by atoms with van der Waals surface area (Å²) in [6, 6.07) is 16.3. The smallest absolute Gasteiger partial charge is 0.191 e. The second kappa shape index (κ2) is 10.9. The van der Waals surface area contributed by atoms with Gasteiger partial charge >= 0.3 is 0 Å². The molecule has 3 aromatic rings. The largest absolute Gasteiger partial charge is 0.496 e. The van der Waals surface area contributed by atoms with E-state index < -0.39 is 0 Å². The number of benzene rings is 2. The van der Waals surface area contributed by atoms with Gasteiger partial charge in [-0.15, -0.1) is 10.2 Å². The third kappa shape index (κ3) is 6.00. The average Bonchev–Trinajstić information content (AvgIpc) is 3.14. The summed E-state index contributed by atoms with van der Waals surface area (Å²) in [6.07, 6.45) is 2.99. The van der Waals surface area contributed by atoms with Crippen molar-refractivity contribution < 1.29 is 9.47 Å². The highest BCUT2D eigenvalue weighted by atomic mass is 32.2. The summed E-state index contributed by atoms with van der Waals surface area (Å²) >= 11 is 1.70. The van der Waals surface area contributed by atoms with Gasteiger partial charge in [-0.2, -0.15) is 0 Å². The predicted molar refractivity (Wildman–Crippen MR) is 118 cm³/mol. The summed E-state index contributed by atoms with van der Waals surface area (Å²) in [6.45, 7) is 5.76. The quantitative estimate of drug-likeness (QED) is 0.330. The minimum absolute atomic E-state index is 0.650. The van der Waals surface area contributed by atoms with Gasteiger partial charge in [0.05, 0.1) is 13.7 Å². The molecule has 0 spiro atoms. The number of hydrogen-bond acceptors (Lipinski definition) is 5. The van der Waals surface area contributed by atoms with E-state index in [1.54, 1.807) is 18.9 Å². The van der Waals surface area contributed by atoms with Gasteiger partial charge in [-0.25, -0.2) is 0 Å². The Morgan fingerprint density at radius 2 is 1.86 bits per heavy atom. The Balaban J connectivity index is 1.48. The zero-order valence-electron chi connectivity index (χ0n) is 17.4. The Kier molecular flexibility index (Phi) is 7.99. The Morgan fingerprint density at radius 1 is 1.03 bits per heavy atom. The number of methoxy groups -OCH3 is 1. The molecular formula is C23H29N3O2S. The van der Waals surface area contributed by atoms with Crippen molar-refractivity contribution in [1.82, 2.24) is 14.8 Å². The molecule has 2 aromatic carbocycles. The zero-order chi connectivity index (χ0) is 20.5. The van der Waals surface area contributed by atoms with Crippen LogP contribution in [-0.4, -0.2) is 34.2 Å². The summed E-state index contributed by atoms with van der Waals surface area (Å²) < 4.78 is 13.3. The number of aromatic nitrogens is 3. The maximum Gasteiger partial charge on any atom is 0.191 e. The van der Waals surface area contributed by atoms with Crippen LogP contribution in [0.15, 0.2) is 53.7 Å². The molecule has 0 aliphatic carbocycles. The minimum atomic E-state index is 0.650. The molecule has 0 saturated carbocycles. The third-order valence-electron chi connectivity index (χ3n) is 4.76. The van der Waals surface area contributed by atoms with Crippen molar-refractivity contribution in [2.45, 2.75) is 44.8 Å². The molecule has 1 heterocycles. The molecule has 0 unspecified atom stereocenters. The minimum Gasteiger partial charge on any atom is -0.496 e. The van der Waals surface area contributed by atoms with E-state index in [-0.39, 0.29) is 0 Å². The molecule has 1 aromatic heterocycles. The van der Waals surface area contributed by atoms with E-state index in [1.165, 1.54) is 11.1 Å². The zero-order valence-corrected chi connectivity index (χ0v) is 18.2. The average molecular weight is 412 g/mol. The number of thioether (sulfide) groups is 1. The van der Waals surface area contributed by atoms with E-state index >= 15 is 0 Å². The van der Waals surface area contributed by atoms with Crippen LogP contribution in [0.1, 0.15) is 30.3 Å². The number of nitrogens with zero attached hydrogens (tertiary/aromatic N) is 3. The van der Waals surface area contributed by atoms with Gasteiger partial charge in [0.2, 0.25) is 0 Å². The number of aryl methyl sites for hydroxylation is 3. The van der Waals surface area contributed by atoms with Crippen LogP contribution in [-0.2, 0) is 19.4 Å². The van der Waals surface area contributed by atoms with Gasteiger partial charge in [0.25, 0.3) is 0 Å². The maximum atomic E-state index is 5.76. The van der Waals surface area contributed by atoms with Gasteiger partial charge in [-0.3, -0.25) is 0 Å². The molecule has 0 aliphatic rings. The van der Waals surface area contributed by atoms with Crippen molar-refractivity contribution in [2.75, 3.05) is 19.5 Å². The second-order valence-corrected chi connectivity index (χ2v) is 7.87. The summed E-state index contributed by atoms with van der Waals surface area (Å²) in [7, 11) is 1.71. The molecule has 6 heteroatoms. The Labute approximate surface area is 177 Å². The van der Waals surface area contributed by atoms with Gasteiger partial charge < -0.3 is 14.0 Å². The highest BCUT2D eigenvalue weighted by Crippen LogP contribution is 2.21. The Bertz CT molecular complexity index is 896. The fourth-order valence-corrected chi connectivity index (χ4v) is 4.12. The van der Waals surface area contributed by atoms with Crippen LogP contribution in [0.4, 0.5) is 0 Å². The lowest BCUT2D eigenvalue weighted by Gasteiger charge is -2.09. The monoisotopic (exact) mass is 411 g/mol. The van der Waals surface area contributed by atoms with Crippen LogP contribution in [0.25, 0.3) is 0 Å². The first kappa shape index (κ1) is 21.2.